The number of esters is 1. The number of carbonyl (C=O) groups excluding carboxylic acids is 1. The van der Waals surface area contributed by atoms with Crippen molar-refractivity contribution < 1.29 is 31.5 Å². The van der Waals surface area contributed by atoms with Crippen LogP contribution in [0, 0.1) is 0 Å². The van der Waals surface area contributed by atoms with E-state index in [1.807, 2.05) is 14.1 Å². The largest absolute Gasteiger partial charge is 1.00 e. The smallest absolute Gasteiger partial charge is 0.305 e. The van der Waals surface area contributed by atoms with Gasteiger partial charge >= 0.3 is 5.97 Å². The number of nitrogens with zero attached hydrogens (tertiary/aromatic N) is 1. The van der Waals surface area contributed by atoms with Gasteiger partial charge in [0.15, 0.2) is 0 Å². The normalized spacial score (nSPS) is 11.3. The third-order valence-corrected chi connectivity index (χ3v) is 5.65. The third kappa shape index (κ3) is 23.8. The first-order valence-corrected chi connectivity index (χ1v) is 12.1. The van der Waals surface area contributed by atoms with Gasteiger partial charge in [-0.1, -0.05) is 96.8 Å². The van der Waals surface area contributed by atoms with Gasteiger partial charge in [0.2, 0.25) is 0 Å². The predicted octanol–water partition coefficient (Wildman–Crippen LogP) is 2.86. The van der Waals surface area contributed by atoms with E-state index in [1.165, 1.54) is 83.5 Å². The summed E-state index contributed by atoms with van der Waals surface area (Å²) in [7, 11) is 4.08. The maximum absolute atomic E-state index is 11.7. The number of hydrogen-bond acceptors (Lipinski definition) is 3. The van der Waals surface area contributed by atoms with Crippen molar-refractivity contribution in [2.45, 2.75) is 110 Å². The molecule has 0 radical (unpaired) electrons. The van der Waals surface area contributed by atoms with Gasteiger partial charge < -0.3 is 26.7 Å². The molecule has 0 amide bonds. The molecular weight excluding hydrogens is 386 g/mol. The second kappa shape index (κ2) is 22.4. The van der Waals surface area contributed by atoms with Crippen LogP contribution in [0.2, 0.25) is 0 Å². The van der Waals surface area contributed by atoms with Crippen LogP contribution >= 0.6 is 0 Å². The van der Waals surface area contributed by atoms with Crippen LogP contribution in [-0.2, 0) is 9.53 Å². The van der Waals surface area contributed by atoms with Crippen LogP contribution in [0.1, 0.15) is 110 Å². The summed E-state index contributed by atoms with van der Waals surface area (Å²) >= 11 is 0. The topological polar surface area (TPSA) is 46.5 Å². The van der Waals surface area contributed by atoms with Crippen molar-refractivity contribution >= 4 is 5.97 Å². The van der Waals surface area contributed by atoms with E-state index in [0.717, 1.165) is 19.4 Å². The minimum Gasteiger partial charge on any atom is -1.00 e. The first-order chi connectivity index (χ1) is 13.5. The second-order valence-electron chi connectivity index (χ2n) is 9.03. The summed E-state index contributed by atoms with van der Waals surface area (Å²) in [5.74, 6) is -0.0707. The van der Waals surface area contributed by atoms with Crippen molar-refractivity contribution in [1.29, 1.82) is 0 Å². The van der Waals surface area contributed by atoms with Gasteiger partial charge in [-0.25, -0.2) is 0 Å². The van der Waals surface area contributed by atoms with E-state index in [0.29, 0.717) is 24.1 Å². The number of rotatable bonds is 21. The van der Waals surface area contributed by atoms with Crippen LogP contribution in [0.3, 0.4) is 0 Å². The van der Waals surface area contributed by atoms with Crippen LogP contribution in [0.25, 0.3) is 0 Å². The van der Waals surface area contributed by atoms with Gasteiger partial charge in [0, 0.05) is 6.42 Å². The van der Waals surface area contributed by atoms with Gasteiger partial charge in [-0.3, -0.25) is 4.79 Å². The monoisotopic (exact) mass is 435 g/mol. The van der Waals surface area contributed by atoms with Gasteiger partial charge in [-0.05, 0) is 6.42 Å². The molecule has 5 heteroatoms. The summed E-state index contributed by atoms with van der Waals surface area (Å²) in [6.45, 7) is 4.34. The van der Waals surface area contributed by atoms with Gasteiger partial charge in [0.05, 0.1) is 20.7 Å². The van der Waals surface area contributed by atoms with Crippen molar-refractivity contribution in [3.05, 3.63) is 0 Å². The van der Waals surface area contributed by atoms with Crippen molar-refractivity contribution in [3.63, 3.8) is 0 Å². The van der Waals surface area contributed by atoms with Crippen molar-refractivity contribution in [2.24, 2.45) is 0 Å². The molecule has 4 nitrogen and oxygen atoms in total. The minimum absolute atomic E-state index is 0. The second-order valence-corrected chi connectivity index (χ2v) is 9.03. The quantitative estimate of drug-likeness (QED) is 0.171. The number of carbonyl (C=O) groups is 1. The summed E-state index contributed by atoms with van der Waals surface area (Å²) in [4.78, 5) is 11.7. The first kappa shape index (κ1) is 30.9. The number of hydrogen-bond donors (Lipinski definition) is 1. The molecule has 29 heavy (non-hydrogen) atoms. The van der Waals surface area contributed by atoms with Gasteiger partial charge in [-0.2, -0.15) is 0 Å². The number of aliphatic hydroxyl groups is 1. The lowest BCUT2D eigenvalue weighted by Gasteiger charge is -2.28. The molecule has 0 bridgehead atoms. The molecule has 0 aliphatic rings. The number of halogens is 1. The summed E-state index contributed by atoms with van der Waals surface area (Å²) in [5.41, 5.74) is 0. The molecule has 1 N–H and O–H groups in total. The van der Waals surface area contributed by atoms with E-state index in [-0.39, 0.29) is 25.0 Å². The zero-order valence-electron chi connectivity index (χ0n) is 19.7. The minimum atomic E-state index is -0.0707. The standard InChI is InChI=1S/C24H50NO3.ClH/c1-4-5-6-7-8-9-10-11-12-13-14-15-16-17-18-19-24(27)28-23-21-25(2,3)20-22-26;/h26H,4-23H2,1-3H3;1H/q+1;/p-1. The molecule has 0 fully saturated rings. The number of ether oxygens (including phenoxy) is 1. The molecule has 0 saturated carbocycles. The van der Waals surface area contributed by atoms with E-state index in [9.17, 15) is 4.79 Å². The Morgan fingerprint density at radius 3 is 1.55 bits per heavy atom. The SMILES string of the molecule is CCCCCCCCCCCCCCCCCC(=O)OCC[N+](C)(C)CCO.[Cl-]. The zero-order chi connectivity index (χ0) is 20.9. The lowest BCUT2D eigenvalue weighted by molar-refractivity contribution is -0.890. The van der Waals surface area contributed by atoms with Gasteiger partial charge in [-0.15, -0.1) is 0 Å². The van der Waals surface area contributed by atoms with E-state index in [4.69, 9.17) is 9.84 Å². The van der Waals surface area contributed by atoms with Crippen LogP contribution < -0.4 is 12.4 Å². The molecule has 0 aromatic rings. The molecule has 176 valence electrons. The number of likely N-dealkylation sites (N-methyl/N-ethyl adjacent to an activating group) is 1. The Balaban J connectivity index is 0. The van der Waals surface area contributed by atoms with E-state index in [2.05, 4.69) is 6.92 Å². The van der Waals surface area contributed by atoms with Crippen molar-refractivity contribution in [3.8, 4) is 0 Å². The van der Waals surface area contributed by atoms with E-state index in [1.54, 1.807) is 0 Å². The van der Waals surface area contributed by atoms with Crippen LogP contribution in [0.4, 0.5) is 0 Å². The average Bonchev–Trinajstić information content (AvgIpc) is 2.64. The van der Waals surface area contributed by atoms with Crippen molar-refractivity contribution in [2.75, 3.05) is 40.4 Å². The highest BCUT2D eigenvalue weighted by molar-refractivity contribution is 5.69. The van der Waals surface area contributed by atoms with Gasteiger partial charge in [0.1, 0.15) is 19.7 Å². The molecule has 0 spiro atoms. The molecule has 0 heterocycles. The number of aliphatic hydroxyl groups excluding tert-OH is 1. The van der Waals surface area contributed by atoms with Crippen LogP contribution in [-0.4, -0.2) is 56.0 Å². The highest BCUT2D eigenvalue weighted by atomic mass is 35.5. The Kier molecular flexibility index (Phi) is 23.8. The maximum atomic E-state index is 11.7. The van der Waals surface area contributed by atoms with Crippen LogP contribution in [0.15, 0.2) is 0 Å². The molecule has 0 aliphatic heterocycles. The lowest BCUT2D eigenvalue weighted by Crippen LogP contribution is -3.00. The zero-order valence-corrected chi connectivity index (χ0v) is 20.5. The number of quaternary nitrogens is 1. The average molecular weight is 436 g/mol. The maximum Gasteiger partial charge on any atom is 0.305 e. The summed E-state index contributed by atoms with van der Waals surface area (Å²) in [6.07, 6.45) is 20.6. The van der Waals surface area contributed by atoms with E-state index < -0.39 is 0 Å². The molecular formula is C24H50ClNO3. The third-order valence-electron chi connectivity index (χ3n) is 5.65. The highest BCUT2D eigenvalue weighted by Crippen LogP contribution is 2.13. The molecule has 0 rings (SSSR count). The first-order valence-electron chi connectivity index (χ1n) is 12.1. The molecule has 0 aromatic carbocycles. The van der Waals surface area contributed by atoms with Crippen molar-refractivity contribution in [1.82, 2.24) is 0 Å². The summed E-state index contributed by atoms with van der Waals surface area (Å²) in [6, 6.07) is 0. The summed E-state index contributed by atoms with van der Waals surface area (Å²) < 4.78 is 5.99. The Labute approximate surface area is 187 Å². The predicted molar refractivity (Wildman–Crippen MR) is 119 cm³/mol. The van der Waals surface area contributed by atoms with Crippen LogP contribution in [0.5, 0.6) is 0 Å². The molecule has 0 saturated heterocycles. The Morgan fingerprint density at radius 2 is 1.14 bits per heavy atom. The number of unbranched alkanes of at least 4 members (excludes halogenated alkanes) is 14. The Bertz CT molecular complexity index is 351. The summed E-state index contributed by atoms with van der Waals surface area (Å²) in [5, 5.41) is 8.99. The molecule has 0 aromatic heterocycles. The molecule has 0 unspecified atom stereocenters. The Hall–Kier alpha value is -0.320. The fraction of sp³-hybridized carbons (Fsp3) is 0.958. The fourth-order valence-corrected chi connectivity index (χ4v) is 3.50. The fourth-order valence-electron chi connectivity index (χ4n) is 3.50. The highest BCUT2D eigenvalue weighted by Gasteiger charge is 2.14. The molecule has 0 atom stereocenters. The lowest BCUT2D eigenvalue weighted by atomic mass is 10.0. The Morgan fingerprint density at radius 1 is 0.724 bits per heavy atom. The molecule has 0 aliphatic carbocycles. The van der Waals surface area contributed by atoms with Gasteiger partial charge in [0.25, 0.3) is 0 Å². The van der Waals surface area contributed by atoms with E-state index >= 15 is 0 Å².